The summed E-state index contributed by atoms with van der Waals surface area (Å²) >= 11 is -1.04. The van der Waals surface area contributed by atoms with Crippen molar-refractivity contribution in [2.24, 2.45) is 0 Å². The summed E-state index contributed by atoms with van der Waals surface area (Å²) < 4.78 is 11.7. The summed E-state index contributed by atoms with van der Waals surface area (Å²) in [4.78, 5) is 17.0. The van der Waals surface area contributed by atoms with Gasteiger partial charge in [-0.25, -0.2) is 4.98 Å². The number of pyridine rings is 1. The Balaban J connectivity index is 2.60. The molecule has 1 atom stereocenters. The molecule has 0 aliphatic heterocycles. The normalized spacial score (nSPS) is 17.8. The van der Waals surface area contributed by atoms with Gasteiger partial charge in [-0.3, -0.25) is 4.79 Å². The topological polar surface area (TPSA) is 53.0 Å². The number of Topliss-reactive ketones (excluding diaryl/α,β-unsaturated/α-hetero) is 1. The molecule has 2 rings (SSSR count). The van der Waals surface area contributed by atoms with Crippen molar-refractivity contribution in [2.45, 2.75) is 37.5 Å². The predicted molar refractivity (Wildman–Crippen MR) is 63.2 cm³/mol. The van der Waals surface area contributed by atoms with Crippen LogP contribution in [0.1, 0.15) is 41.0 Å². The van der Waals surface area contributed by atoms with E-state index in [0.29, 0.717) is 12.1 Å². The molecular weight excluding hydrogens is 222 g/mol. The third kappa shape index (κ3) is 2.13. The van der Waals surface area contributed by atoms with Crippen LogP contribution in [-0.2, 0) is 17.6 Å². The van der Waals surface area contributed by atoms with E-state index in [1.165, 1.54) is 0 Å². The molecule has 1 unspecified atom stereocenters. The van der Waals surface area contributed by atoms with E-state index in [0.717, 1.165) is 35.4 Å². The van der Waals surface area contributed by atoms with Crippen molar-refractivity contribution in [2.75, 3.05) is 6.26 Å². The van der Waals surface area contributed by atoms with Gasteiger partial charge in [-0.15, -0.1) is 0 Å². The van der Waals surface area contributed by atoms with Crippen LogP contribution in [0.2, 0.25) is 0 Å². The maximum atomic E-state index is 11.9. The molecule has 0 fully saturated rings. The number of hydrogen-bond donors (Lipinski definition) is 0. The third-order valence-electron chi connectivity index (χ3n) is 2.87. The van der Waals surface area contributed by atoms with Gasteiger partial charge in [0.25, 0.3) is 0 Å². The molecule has 0 spiro atoms. The van der Waals surface area contributed by atoms with Gasteiger partial charge in [0.1, 0.15) is 11.9 Å². The summed E-state index contributed by atoms with van der Waals surface area (Å²) in [5.41, 5.74) is 2.25. The van der Waals surface area contributed by atoms with Gasteiger partial charge in [-0.2, -0.15) is 0 Å². The third-order valence-corrected chi connectivity index (χ3v) is 3.85. The molecule has 0 N–H and O–H groups in total. The largest absolute Gasteiger partial charge is 0.612 e. The van der Waals surface area contributed by atoms with E-state index in [1.54, 1.807) is 6.26 Å². The molecule has 1 aromatic rings. The van der Waals surface area contributed by atoms with Crippen LogP contribution >= 0.6 is 0 Å². The number of aromatic nitrogens is 1. The molecule has 0 radical (unpaired) electrons. The minimum atomic E-state index is -1.04. The van der Waals surface area contributed by atoms with E-state index >= 15 is 0 Å². The summed E-state index contributed by atoms with van der Waals surface area (Å²) in [6.07, 6.45) is 4.94. The van der Waals surface area contributed by atoms with Crippen molar-refractivity contribution >= 4 is 17.0 Å². The van der Waals surface area contributed by atoms with Crippen LogP contribution < -0.4 is 0 Å². The lowest BCUT2D eigenvalue weighted by Crippen LogP contribution is -2.11. The van der Waals surface area contributed by atoms with Gasteiger partial charge in [0.15, 0.2) is 10.7 Å². The molecule has 0 saturated carbocycles. The highest BCUT2D eigenvalue weighted by Gasteiger charge is 2.24. The smallest absolute Gasteiger partial charge is 0.181 e. The van der Waals surface area contributed by atoms with E-state index in [2.05, 4.69) is 4.98 Å². The average molecular weight is 237 g/mol. The molecule has 0 bridgehead atoms. The first-order valence-electron chi connectivity index (χ1n) is 5.46. The Bertz CT molecular complexity index is 429. The van der Waals surface area contributed by atoms with Gasteiger partial charge in [-0.05, 0) is 37.4 Å². The van der Waals surface area contributed by atoms with Crippen LogP contribution in [-0.4, -0.2) is 21.6 Å². The number of rotatable bonds is 1. The SMILES string of the molecule is Cc1cc([S+](C)[O-])c2c(n1)C(=O)CCCC2. The zero-order valence-electron chi connectivity index (χ0n) is 9.58. The summed E-state index contributed by atoms with van der Waals surface area (Å²) in [6.45, 7) is 1.84. The van der Waals surface area contributed by atoms with Crippen molar-refractivity contribution in [3.05, 3.63) is 23.0 Å². The van der Waals surface area contributed by atoms with Crippen molar-refractivity contribution in [3.63, 3.8) is 0 Å². The fraction of sp³-hybridized carbons (Fsp3) is 0.500. The fourth-order valence-electron chi connectivity index (χ4n) is 2.10. The van der Waals surface area contributed by atoms with Crippen molar-refractivity contribution in [1.29, 1.82) is 0 Å². The molecule has 3 nitrogen and oxygen atoms in total. The lowest BCUT2D eigenvalue weighted by atomic mass is 10.1. The van der Waals surface area contributed by atoms with Gasteiger partial charge in [-0.1, -0.05) is 0 Å². The monoisotopic (exact) mass is 237 g/mol. The first-order chi connectivity index (χ1) is 7.59. The van der Waals surface area contributed by atoms with Gasteiger partial charge < -0.3 is 4.55 Å². The van der Waals surface area contributed by atoms with Crippen LogP contribution in [0.5, 0.6) is 0 Å². The second kappa shape index (κ2) is 4.55. The highest BCUT2D eigenvalue weighted by molar-refractivity contribution is 7.90. The zero-order valence-corrected chi connectivity index (χ0v) is 10.4. The molecule has 4 heteroatoms. The summed E-state index contributed by atoms with van der Waals surface area (Å²) in [7, 11) is 0. The minimum absolute atomic E-state index is 0.0999. The van der Waals surface area contributed by atoms with E-state index in [1.807, 2.05) is 13.0 Å². The maximum absolute atomic E-state index is 11.9. The van der Waals surface area contributed by atoms with Crippen LogP contribution in [0.15, 0.2) is 11.0 Å². The molecule has 1 heterocycles. The second-order valence-corrected chi connectivity index (χ2v) is 5.52. The van der Waals surface area contributed by atoms with E-state index in [9.17, 15) is 9.35 Å². The summed E-state index contributed by atoms with van der Waals surface area (Å²) in [6, 6.07) is 1.84. The molecule has 0 amide bonds. The molecular formula is C12H15NO2S. The molecule has 1 aliphatic carbocycles. The minimum Gasteiger partial charge on any atom is -0.612 e. The molecule has 1 aromatic heterocycles. The Labute approximate surface area is 98.5 Å². The van der Waals surface area contributed by atoms with Crippen LogP contribution in [0.4, 0.5) is 0 Å². The maximum Gasteiger partial charge on any atom is 0.181 e. The Kier molecular flexibility index (Phi) is 3.30. The Morgan fingerprint density at radius 2 is 2.06 bits per heavy atom. The zero-order chi connectivity index (χ0) is 11.7. The Hall–Kier alpha value is -0.870. The van der Waals surface area contributed by atoms with Gasteiger partial charge >= 0.3 is 0 Å². The number of fused-ring (bicyclic) bond motifs is 1. The molecule has 0 aromatic carbocycles. The first kappa shape index (κ1) is 11.6. The van der Waals surface area contributed by atoms with Gasteiger partial charge in [0.2, 0.25) is 0 Å². The summed E-state index contributed by atoms with van der Waals surface area (Å²) in [5.74, 6) is 0.0999. The Morgan fingerprint density at radius 1 is 1.38 bits per heavy atom. The first-order valence-corrected chi connectivity index (χ1v) is 7.02. The predicted octanol–water partition coefficient (Wildman–Crippen LogP) is 2.04. The van der Waals surface area contributed by atoms with Crippen LogP contribution in [0.3, 0.4) is 0 Å². The van der Waals surface area contributed by atoms with Gasteiger partial charge in [0, 0.05) is 23.7 Å². The van der Waals surface area contributed by atoms with E-state index in [-0.39, 0.29) is 5.78 Å². The highest BCUT2D eigenvalue weighted by Crippen LogP contribution is 2.26. The highest BCUT2D eigenvalue weighted by atomic mass is 32.2. The number of ketones is 1. The Morgan fingerprint density at radius 3 is 2.75 bits per heavy atom. The second-order valence-electron chi connectivity index (χ2n) is 4.17. The lowest BCUT2D eigenvalue weighted by Gasteiger charge is -2.12. The number of nitrogens with zero attached hydrogens (tertiary/aromatic N) is 1. The fourth-order valence-corrected chi connectivity index (χ4v) is 2.99. The van der Waals surface area contributed by atoms with Crippen molar-refractivity contribution in [1.82, 2.24) is 4.98 Å². The number of carbonyl (C=O) groups is 1. The van der Waals surface area contributed by atoms with Crippen molar-refractivity contribution < 1.29 is 9.35 Å². The number of aryl methyl sites for hydroxylation is 1. The summed E-state index contributed by atoms with van der Waals surface area (Å²) in [5, 5.41) is 0. The van der Waals surface area contributed by atoms with Crippen LogP contribution in [0, 0.1) is 6.92 Å². The lowest BCUT2D eigenvalue weighted by molar-refractivity contribution is 0.0977. The quantitative estimate of drug-likeness (QED) is 0.555. The van der Waals surface area contributed by atoms with Crippen molar-refractivity contribution in [3.8, 4) is 0 Å². The van der Waals surface area contributed by atoms with Gasteiger partial charge in [0.05, 0.1) is 0 Å². The standard InChI is InChI=1S/C12H15NO2S/c1-8-7-11(16(2)15)9-5-3-4-6-10(14)12(9)13-8/h7H,3-6H2,1-2H3. The molecule has 1 aliphatic rings. The van der Waals surface area contributed by atoms with E-state index < -0.39 is 11.2 Å². The molecule has 0 saturated heterocycles. The number of carbonyl (C=O) groups excluding carboxylic acids is 1. The average Bonchev–Trinajstić information content (AvgIpc) is 2.40. The molecule has 86 valence electrons. The number of hydrogen-bond acceptors (Lipinski definition) is 3. The molecule has 16 heavy (non-hydrogen) atoms. The van der Waals surface area contributed by atoms with E-state index in [4.69, 9.17) is 0 Å². The van der Waals surface area contributed by atoms with Crippen LogP contribution in [0.25, 0.3) is 0 Å².